The summed E-state index contributed by atoms with van der Waals surface area (Å²) in [6, 6.07) is 8.59. The number of hydrogen-bond acceptors (Lipinski definition) is 9. The van der Waals surface area contributed by atoms with Crippen LogP contribution in [0.4, 0.5) is 5.95 Å². The van der Waals surface area contributed by atoms with Crippen molar-refractivity contribution in [3.63, 3.8) is 0 Å². The van der Waals surface area contributed by atoms with E-state index in [2.05, 4.69) is 36.9 Å². The molecule has 1 saturated heterocycles. The number of carbonyl (C=O) groups is 1. The van der Waals surface area contributed by atoms with Gasteiger partial charge >= 0.3 is 0 Å². The predicted octanol–water partition coefficient (Wildman–Crippen LogP) is 1.70. The minimum atomic E-state index is -1.55. The van der Waals surface area contributed by atoms with Crippen molar-refractivity contribution in [1.82, 2.24) is 34.6 Å². The summed E-state index contributed by atoms with van der Waals surface area (Å²) in [5.41, 5.74) is 5.76. The van der Waals surface area contributed by atoms with E-state index >= 15 is 0 Å². The Morgan fingerprint density at radius 1 is 1.19 bits per heavy atom. The zero-order valence-corrected chi connectivity index (χ0v) is 20.7. The molecule has 1 aliphatic rings. The molecular weight excluding hydrogens is 472 g/mol. The van der Waals surface area contributed by atoms with Crippen molar-refractivity contribution in [2.75, 3.05) is 18.9 Å². The Kier molecular flexibility index (Phi) is 6.29. The third kappa shape index (κ3) is 4.84. The maximum Gasteiger partial charge on any atom is 0.275 e. The number of morpholine rings is 1. The van der Waals surface area contributed by atoms with Crippen LogP contribution in [0.3, 0.4) is 0 Å². The lowest BCUT2D eigenvalue weighted by molar-refractivity contribution is -0.0388. The fraction of sp³-hybridized carbons (Fsp3) is 0.308. The molecule has 1 amide bonds. The topological polar surface area (TPSA) is 145 Å². The van der Waals surface area contributed by atoms with Crippen molar-refractivity contribution in [2.45, 2.75) is 38.5 Å². The molecule has 0 saturated carbocycles. The van der Waals surface area contributed by atoms with Crippen LogP contribution < -0.4 is 5.73 Å². The number of nitrogen functional groups attached to an aromatic ring is 1. The van der Waals surface area contributed by atoms with E-state index in [4.69, 9.17) is 10.5 Å². The SMILES string of the molecule is C[C@H]1CN(C(=O)c2nn(-c3ccnc(N)n3)c3cc(C#CC(C)(O)c4ncccn4)ccc23)[C@@H](C)CO1. The average Bonchev–Trinajstić information content (AvgIpc) is 3.28. The van der Waals surface area contributed by atoms with Crippen LogP contribution in [0.25, 0.3) is 16.7 Å². The van der Waals surface area contributed by atoms with Crippen LogP contribution in [-0.4, -0.2) is 70.9 Å². The van der Waals surface area contributed by atoms with Gasteiger partial charge in [-0.25, -0.2) is 19.6 Å². The highest BCUT2D eigenvalue weighted by atomic mass is 16.5. The van der Waals surface area contributed by atoms with Gasteiger partial charge in [0.15, 0.2) is 22.9 Å². The molecule has 5 rings (SSSR count). The Morgan fingerprint density at radius 3 is 2.73 bits per heavy atom. The second kappa shape index (κ2) is 9.57. The van der Waals surface area contributed by atoms with E-state index in [0.717, 1.165) is 0 Å². The van der Waals surface area contributed by atoms with Gasteiger partial charge in [0.2, 0.25) is 5.95 Å². The highest BCUT2D eigenvalue weighted by Crippen LogP contribution is 2.26. The van der Waals surface area contributed by atoms with Gasteiger partial charge in [-0.3, -0.25) is 4.79 Å². The predicted molar refractivity (Wildman–Crippen MR) is 135 cm³/mol. The number of nitrogens with zero attached hydrogens (tertiary/aromatic N) is 7. The highest BCUT2D eigenvalue weighted by Gasteiger charge is 2.31. The summed E-state index contributed by atoms with van der Waals surface area (Å²) in [5.74, 6) is 6.32. The summed E-state index contributed by atoms with van der Waals surface area (Å²) in [6.45, 7) is 6.34. The summed E-state index contributed by atoms with van der Waals surface area (Å²) < 4.78 is 7.24. The monoisotopic (exact) mass is 498 g/mol. The molecule has 37 heavy (non-hydrogen) atoms. The van der Waals surface area contributed by atoms with Crippen molar-refractivity contribution >= 4 is 22.8 Å². The summed E-state index contributed by atoms with van der Waals surface area (Å²) in [6.07, 6.45) is 4.55. The molecule has 0 bridgehead atoms. The molecule has 188 valence electrons. The van der Waals surface area contributed by atoms with E-state index in [1.54, 1.807) is 52.3 Å². The lowest BCUT2D eigenvalue weighted by Crippen LogP contribution is -2.50. The fourth-order valence-corrected chi connectivity index (χ4v) is 4.13. The van der Waals surface area contributed by atoms with Gasteiger partial charge in [0, 0.05) is 42.2 Å². The minimum absolute atomic E-state index is 0.0709. The molecule has 3 atom stereocenters. The standard InChI is InChI=1S/C26H26N8O3/c1-16-15-37-17(2)14-33(16)23(35)22-19-6-5-18(7-9-26(3,36)24-28-10-4-11-29-24)13-20(19)34(32-22)21-8-12-30-25(27)31-21/h4-6,8,10-13,16-17,36H,14-15H2,1-3H3,(H2,27,30,31)/t16-,17-,26?/m0/s1. The highest BCUT2D eigenvalue weighted by molar-refractivity contribution is 6.05. The first-order valence-electron chi connectivity index (χ1n) is 11.8. The maximum absolute atomic E-state index is 13.6. The minimum Gasteiger partial charge on any atom is -0.375 e. The van der Waals surface area contributed by atoms with Gasteiger partial charge in [0.05, 0.1) is 24.3 Å². The van der Waals surface area contributed by atoms with Gasteiger partial charge in [0.1, 0.15) is 0 Å². The number of aliphatic hydroxyl groups is 1. The quantitative estimate of drug-likeness (QED) is 0.403. The van der Waals surface area contributed by atoms with Crippen molar-refractivity contribution in [3.05, 3.63) is 66.0 Å². The van der Waals surface area contributed by atoms with E-state index in [0.29, 0.717) is 35.4 Å². The van der Waals surface area contributed by atoms with Crippen molar-refractivity contribution in [1.29, 1.82) is 0 Å². The van der Waals surface area contributed by atoms with E-state index in [9.17, 15) is 9.90 Å². The number of rotatable bonds is 3. The first-order valence-corrected chi connectivity index (χ1v) is 11.8. The van der Waals surface area contributed by atoms with Crippen molar-refractivity contribution in [2.24, 2.45) is 0 Å². The molecule has 1 aliphatic heterocycles. The fourth-order valence-electron chi connectivity index (χ4n) is 4.13. The van der Waals surface area contributed by atoms with Gasteiger partial charge in [-0.05, 0) is 45.0 Å². The van der Waals surface area contributed by atoms with E-state index in [1.807, 2.05) is 13.8 Å². The molecular formula is C26H26N8O3. The van der Waals surface area contributed by atoms with Gasteiger partial charge in [-0.1, -0.05) is 11.8 Å². The molecule has 1 fully saturated rings. The number of anilines is 1. The lowest BCUT2D eigenvalue weighted by Gasteiger charge is -2.36. The molecule has 11 heteroatoms. The zero-order valence-electron chi connectivity index (χ0n) is 20.7. The molecule has 0 radical (unpaired) electrons. The molecule has 0 spiro atoms. The second-order valence-corrected chi connectivity index (χ2v) is 9.11. The maximum atomic E-state index is 13.6. The van der Waals surface area contributed by atoms with Gasteiger partial charge < -0.3 is 20.5 Å². The Balaban J connectivity index is 1.60. The summed E-state index contributed by atoms with van der Waals surface area (Å²) in [5, 5.41) is 16.1. The third-order valence-electron chi connectivity index (χ3n) is 6.08. The van der Waals surface area contributed by atoms with Crippen LogP contribution in [0.5, 0.6) is 0 Å². The van der Waals surface area contributed by atoms with Crippen molar-refractivity contribution in [3.8, 4) is 17.7 Å². The van der Waals surface area contributed by atoms with E-state index in [-0.39, 0.29) is 35.5 Å². The average molecular weight is 499 g/mol. The Hall–Kier alpha value is -4.40. The van der Waals surface area contributed by atoms with E-state index < -0.39 is 5.60 Å². The molecule has 3 N–H and O–H groups in total. The number of hydrogen-bond donors (Lipinski definition) is 2. The van der Waals surface area contributed by atoms with Gasteiger partial charge in [-0.15, -0.1) is 0 Å². The number of ether oxygens (including phenoxy) is 1. The second-order valence-electron chi connectivity index (χ2n) is 9.11. The molecule has 1 aromatic carbocycles. The Labute approximate surface area is 213 Å². The third-order valence-corrected chi connectivity index (χ3v) is 6.08. The molecule has 4 aromatic rings. The number of amides is 1. The van der Waals surface area contributed by atoms with Crippen LogP contribution in [0.15, 0.2) is 48.9 Å². The molecule has 4 heterocycles. The summed E-state index contributed by atoms with van der Waals surface area (Å²) >= 11 is 0. The molecule has 0 aliphatic carbocycles. The lowest BCUT2D eigenvalue weighted by atomic mass is 10.1. The summed E-state index contributed by atoms with van der Waals surface area (Å²) in [4.78, 5) is 31.9. The molecule has 3 aromatic heterocycles. The normalized spacial score (nSPS) is 19.2. The van der Waals surface area contributed by atoms with Crippen LogP contribution in [0.2, 0.25) is 0 Å². The van der Waals surface area contributed by atoms with Crippen LogP contribution in [0.1, 0.15) is 42.6 Å². The van der Waals surface area contributed by atoms with Crippen molar-refractivity contribution < 1.29 is 14.6 Å². The molecule has 1 unspecified atom stereocenters. The van der Waals surface area contributed by atoms with Crippen LogP contribution >= 0.6 is 0 Å². The van der Waals surface area contributed by atoms with Gasteiger partial charge in [0.25, 0.3) is 5.91 Å². The van der Waals surface area contributed by atoms with Gasteiger partial charge in [-0.2, -0.15) is 10.1 Å². The number of fused-ring (bicyclic) bond motifs is 1. The number of nitrogens with two attached hydrogens (primary N) is 1. The smallest absolute Gasteiger partial charge is 0.275 e. The van der Waals surface area contributed by atoms with Crippen LogP contribution in [-0.2, 0) is 10.3 Å². The van der Waals surface area contributed by atoms with Crippen LogP contribution in [0, 0.1) is 11.8 Å². The zero-order chi connectivity index (χ0) is 26.2. The van der Waals surface area contributed by atoms with E-state index in [1.165, 1.54) is 13.1 Å². The Morgan fingerprint density at radius 2 is 1.97 bits per heavy atom. The number of aromatic nitrogens is 6. The summed E-state index contributed by atoms with van der Waals surface area (Å²) in [7, 11) is 0. The number of benzene rings is 1. The number of carbonyl (C=O) groups excluding carboxylic acids is 1. The first kappa shape index (κ1) is 24.3. The molecule has 11 nitrogen and oxygen atoms in total. The largest absolute Gasteiger partial charge is 0.375 e. The first-order chi connectivity index (χ1) is 17.7. The Bertz CT molecular complexity index is 1520.